The normalized spacial score (nSPS) is 24.0. The van der Waals surface area contributed by atoms with Gasteiger partial charge in [0.15, 0.2) is 0 Å². The molecular formula is C12H14ClFN2. The predicted molar refractivity (Wildman–Crippen MR) is 64.7 cm³/mol. The smallest absolute Gasteiger partial charge is 0.143 e. The van der Waals surface area contributed by atoms with Gasteiger partial charge in [-0.15, -0.1) is 0 Å². The van der Waals surface area contributed by atoms with Crippen LogP contribution in [0.2, 0.25) is 5.02 Å². The zero-order chi connectivity index (χ0) is 11.1. The molecule has 0 bridgehead atoms. The van der Waals surface area contributed by atoms with Crippen molar-refractivity contribution >= 4 is 23.0 Å². The van der Waals surface area contributed by atoms with Crippen molar-refractivity contribution in [3.05, 3.63) is 23.0 Å². The Hall–Kier alpha value is -0.960. The molecule has 0 amide bonds. The van der Waals surface area contributed by atoms with Gasteiger partial charge in [-0.25, -0.2) is 4.39 Å². The maximum Gasteiger partial charge on any atom is 0.143 e. The van der Waals surface area contributed by atoms with Gasteiger partial charge >= 0.3 is 0 Å². The Bertz CT molecular complexity index is 418. The number of rotatable bonds is 1. The van der Waals surface area contributed by atoms with Crippen LogP contribution in [0.3, 0.4) is 0 Å². The van der Waals surface area contributed by atoms with E-state index in [1.165, 1.54) is 18.9 Å². The van der Waals surface area contributed by atoms with Crippen LogP contribution in [0.1, 0.15) is 19.3 Å². The van der Waals surface area contributed by atoms with Crippen LogP contribution < -0.4 is 10.6 Å². The molecule has 1 aliphatic heterocycles. The first-order valence-corrected chi connectivity index (χ1v) is 6.11. The molecule has 86 valence electrons. The van der Waals surface area contributed by atoms with Crippen LogP contribution in [0.15, 0.2) is 12.1 Å². The monoisotopic (exact) mass is 240 g/mol. The van der Waals surface area contributed by atoms with Gasteiger partial charge in [0.2, 0.25) is 0 Å². The quantitative estimate of drug-likeness (QED) is 0.785. The zero-order valence-electron chi connectivity index (χ0n) is 8.89. The molecule has 1 aromatic carbocycles. The van der Waals surface area contributed by atoms with E-state index in [1.54, 1.807) is 6.07 Å². The van der Waals surface area contributed by atoms with E-state index in [4.69, 9.17) is 11.6 Å². The van der Waals surface area contributed by atoms with Crippen LogP contribution in [0.4, 0.5) is 15.8 Å². The van der Waals surface area contributed by atoms with Crippen molar-refractivity contribution in [3.63, 3.8) is 0 Å². The minimum atomic E-state index is -0.361. The highest BCUT2D eigenvalue weighted by molar-refractivity contribution is 6.31. The predicted octanol–water partition coefficient (Wildman–Crippen LogP) is 3.49. The summed E-state index contributed by atoms with van der Waals surface area (Å²) < 4.78 is 13.3. The highest BCUT2D eigenvalue weighted by Crippen LogP contribution is 2.39. The summed E-state index contributed by atoms with van der Waals surface area (Å²) in [5.41, 5.74) is 1.76. The summed E-state index contributed by atoms with van der Waals surface area (Å²) in [6, 6.07) is 3.66. The van der Waals surface area contributed by atoms with Crippen molar-refractivity contribution in [2.24, 2.45) is 5.92 Å². The molecule has 1 heterocycles. The van der Waals surface area contributed by atoms with Gasteiger partial charge < -0.3 is 10.6 Å². The first-order chi connectivity index (χ1) is 7.74. The molecular weight excluding hydrogens is 227 g/mol. The minimum absolute atomic E-state index is 0.185. The van der Waals surface area contributed by atoms with Crippen molar-refractivity contribution in [1.29, 1.82) is 0 Å². The average Bonchev–Trinajstić information content (AvgIpc) is 3.04. The molecule has 1 atom stereocenters. The minimum Gasteiger partial charge on any atom is -0.383 e. The fraction of sp³-hybridized carbons (Fsp3) is 0.500. The van der Waals surface area contributed by atoms with Gasteiger partial charge in [0.05, 0.1) is 16.4 Å². The molecule has 1 fully saturated rings. The summed E-state index contributed by atoms with van der Waals surface area (Å²) in [7, 11) is 0. The Balaban J connectivity index is 1.92. The molecule has 3 rings (SSSR count). The first-order valence-electron chi connectivity index (χ1n) is 5.73. The van der Waals surface area contributed by atoms with Crippen LogP contribution >= 0.6 is 11.6 Å². The van der Waals surface area contributed by atoms with Crippen molar-refractivity contribution in [2.75, 3.05) is 17.2 Å². The lowest BCUT2D eigenvalue weighted by Crippen LogP contribution is -2.21. The molecule has 1 saturated carbocycles. The second-order valence-electron chi connectivity index (χ2n) is 4.62. The first kappa shape index (κ1) is 10.2. The molecule has 2 nitrogen and oxygen atoms in total. The lowest BCUT2D eigenvalue weighted by atomic mass is 10.1. The molecule has 2 aliphatic rings. The van der Waals surface area contributed by atoms with Gasteiger partial charge in [0.1, 0.15) is 5.82 Å². The summed E-state index contributed by atoms with van der Waals surface area (Å²) in [5, 5.41) is 6.91. The highest BCUT2D eigenvalue weighted by atomic mass is 35.5. The summed E-state index contributed by atoms with van der Waals surface area (Å²) in [6.45, 7) is 0.891. The maximum atomic E-state index is 13.3. The molecule has 2 N–H and O–H groups in total. The number of hydrogen-bond donors (Lipinski definition) is 2. The fourth-order valence-corrected chi connectivity index (χ4v) is 2.46. The number of hydrogen-bond acceptors (Lipinski definition) is 2. The number of fused-ring (bicyclic) bond motifs is 1. The van der Waals surface area contributed by atoms with E-state index in [0.717, 1.165) is 30.3 Å². The van der Waals surface area contributed by atoms with Crippen molar-refractivity contribution < 1.29 is 4.39 Å². The van der Waals surface area contributed by atoms with E-state index in [-0.39, 0.29) is 10.8 Å². The molecule has 1 unspecified atom stereocenters. The van der Waals surface area contributed by atoms with Crippen LogP contribution in [0.5, 0.6) is 0 Å². The second-order valence-corrected chi connectivity index (χ2v) is 5.02. The van der Waals surface area contributed by atoms with Crippen LogP contribution in [-0.4, -0.2) is 12.6 Å². The highest BCUT2D eigenvalue weighted by Gasteiger charge is 2.32. The third-order valence-electron chi connectivity index (χ3n) is 3.36. The third-order valence-corrected chi connectivity index (χ3v) is 3.65. The standard InChI is InChI=1S/C12H14ClFN2/c13-8-5-12-11(6-9(8)14)15-4-3-10(16-12)7-1-2-7/h5-7,10,15-16H,1-4H2. The Morgan fingerprint density at radius 3 is 2.75 bits per heavy atom. The van der Waals surface area contributed by atoms with Gasteiger partial charge in [0, 0.05) is 18.7 Å². The van der Waals surface area contributed by atoms with E-state index in [1.807, 2.05) is 0 Å². The summed E-state index contributed by atoms with van der Waals surface area (Å²) in [4.78, 5) is 0. The average molecular weight is 241 g/mol. The molecule has 16 heavy (non-hydrogen) atoms. The Kier molecular flexibility index (Phi) is 2.43. The Labute approximate surface area is 99.2 Å². The van der Waals surface area contributed by atoms with Crippen LogP contribution in [0, 0.1) is 11.7 Å². The maximum absolute atomic E-state index is 13.3. The number of benzene rings is 1. The molecule has 1 aromatic rings. The van der Waals surface area contributed by atoms with Gasteiger partial charge in [-0.2, -0.15) is 0 Å². The summed E-state index contributed by atoms with van der Waals surface area (Å²) in [5.74, 6) is 0.427. The molecule has 0 radical (unpaired) electrons. The molecule has 0 saturated heterocycles. The van der Waals surface area contributed by atoms with Crippen molar-refractivity contribution in [3.8, 4) is 0 Å². The van der Waals surface area contributed by atoms with E-state index in [2.05, 4.69) is 10.6 Å². The third kappa shape index (κ3) is 1.84. The van der Waals surface area contributed by atoms with Gasteiger partial charge in [-0.3, -0.25) is 0 Å². The fourth-order valence-electron chi connectivity index (χ4n) is 2.30. The molecule has 0 spiro atoms. The van der Waals surface area contributed by atoms with Gasteiger partial charge in [-0.1, -0.05) is 11.6 Å². The van der Waals surface area contributed by atoms with Gasteiger partial charge in [-0.05, 0) is 31.2 Å². The van der Waals surface area contributed by atoms with E-state index >= 15 is 0 Å². The molecule has 4 heteroatoms. The van der Waals surface area contributed by atoms with Crippen LogP contribution in [0.25, 0.3) is 0 Å². The van der Waals surface area contributed by atoms with Gasteiger partial charge in [0.25, 0.3) is 0 Å². The lowest BCUT2D eigenvalue weighted by Gasteiger charge is -2.16. The second kappa shape index (κ2) is 3.81. The number of anilines is 2. The Morgan fingerprint density at radius 1 is 1.19 bits per heavy atom. The molecule has 1 aliphatic carbocycles. The van der Waals surface area contributed by atoms with Crippen LogP contribution in [-0.2, 0) is 0 Å². The lowest BCUT2D eigenvalue weighted by molar-refractivity contribution is 0.609. The van der Waals surface area contributed by atoms with E-state index in [9.17, 15) is 4.39 Å². The van der Waals surface area contributed by atoms with E-state index < -0.39 is 0 Å². The largest absolute Gasteiger partial charge is 0.383 e. The number of nitrogens with one attached hydrogen (secondary N) is 2. The zero-order valence-corrected chi connectivity index (χ0v) is 9.65. The number of halogens is 2. The Morgan fingerprint density at radius 2 is 2.00 bits per heavy atom. The van der Waals surface area contributed by atoms with Crippen molar-refractivity contribution in [2.45, 2.75) is 25.3 Å². The summed E-state index contributed by atoms with van der Waals surface area (Å²) in [6.07, 6.45) is 3.70. The van der Waals surface area contributed by atoms with E-state index in [0.29, 0.717) is 6.04 Å². The topological polar surface area (TPSA) is 24.1 Å². The summed E-state index contributed by atoms with van der Waals surface area (Å²) >= 11 is 5.80. The SMILES string of the molecule is Fc1cc2c(cc1Cl)NC(C1CC1)CCN2. The van der Waals surface area contributed by atoms with Crippen molar-refractivity contribution in [1.82, 2.24) is 0 Å². The molecule has 0 aromatic heterocycles.